The van der Waals surface area contributed by atoms with Crippen LogP contribution in [0.4, 0.5) is 5.82 Å². The van der Waals surface area contributed by atoms with Gasteiger partial charge in [0.2, 0.25) is 5.28 Å². The second-order valence-electron chi connectivity index (χ2n) is 8.94. The molecule has 1 fully saturated rings. The Bertz CT molecular complexity index is 1610. The zero-order chi connectivity index (χ0) is 27.9. The number of rotatable bonds is 9. The molecule has 2 aromatic heterocycles. The minimum absolute atomic E-state index is 0.115. The van der Waals surface area contributed by atoms with E-state index in [2.05, 4.69) is 20.3 Å². The first-order valence-electron chi connectivity index (χ1n) is 11.5. The van der Waals surface area contributed by atoms with E-state index in [0.717, 1.165) is 16.3 Å². The van der Waals surface area contributed by atoms with E-state index >= 15 is 0 Å². The third-order valence-corrected chi connectivity index (χ3v) is 9.76. The van der Waals surface area contributed by atoms with Gasteiger partial charge in [-0.3, -0.25) is 13.7 Å². The van der Waals surface area contributed by atoms with Gasteiger partial charge in [0.15, 0.2) is 29.1 Å². The highest BCUT2D eigenvalue weighted by Crippen LogP contribution is 2.55. The zero-order valence-corrected chi connectivity index (χ0v) is 22.5. The van der Waals surface area contributed by atoms with Crippen molar-refractivity contribution in [1.29, 1.82) is 0 Å². The Morgan fingerprint density at radius 1 is 1.05 bits per heavy atom. The summed E-state index contributed by atoms with van der Waals surface area (Å²) in [4.78, 5) is 40.3. The topological polar surface area (TPSA) is 209 Å². The third-order valence-electron chi connectivity index (χ3n) is 6.14. The first-order chi connectivity index (χ1) is 18.4. The van der Waals surface area contributed by atoms with E-state index in [1.54, 1.807) is 0 Å². The van der Waals surface area contributed by atoms with Gasteiger partial charge in [0.25, 0.3) is 0 Å². The van der Waals surface area contributed by atoms with E-state index in [1.165, 1.54) is 10.9 Å². The van der Waals surface area contributed by atoms with Crippen molar-refractivity contribution in [3.05, 3.63) is 59.6 Å². The highest BCUT2D eigenvalue weighted by Gasteiger charge is 2.45. The Balaban J connectivity index is 1.36. The van der Waals surface area contributed by atoms with E-state index < -0.39 is 52.2 Å². The van der Waals surface area contributed by atoms with Gasteiger partial charge >= 0.3 is 15.2 Å². The number of halogens is 1. The second kappa shape index (κ2) is 10.8. The maximum Gasteiger partial charge on any atom is 0.340 e. The van der Waals surface area contributed by atoms with Gasteiger partial charge in [-0.15, -0.1) is 0 Å². The SMILES string of the molecule is O=P(O)(O)CP(=O)(O)OC[C@H]1O[C@@H](n2cnc3c(NCc4cccc5ccccc45)nc(Cl)nc32)C(O)C1O. The van der Waals surface area contributed by atoms with Crippen molar-refractivity contribution in [2.45, 2.75) is 31.1 Å². The molecule has 5 rings (SSSR count). The van der Waals surface area contributed by atoms with Gasteiger partial charge < -0.3 is 39.5 Å². The Morgan fingerprint density at radius 2 is 1.79 bits per heavy atom. The van der Waals surface area contributed by atoms with Crippen LogP contribution in [0.1, 0.15) is 11.8 Å². The van der Waals surface area contributed by atoms with Crippen LogP contribution in [0.2, 0.25) is 5.28 Å². The maximum absolute atomic E-state index is 12.0. The lowest BCUT2D eigenvalue weighted by atomic mass is 10.0. The summed E-state index contributed by atoms with van der Waals surface area (Å²) in [6, 6.07) is 13.9. The fourth-order valence-corrected chi connectivity index (χ4v) is 7.12. The van der Waals surface area contributed by atoms with Crippen LogP contribution < -0.4 is 5.32 Å². The summed E-state index contributed by atoms with van der Waals surface area (Å²) in [5.41, 5.74) is 1.50. The Kier molecular flexibility index (Phi) is 7.79. The average molecular weight is 600 g/mol. The van der Waals surface area contributed by atoms with E-state index in [4.69, 9.17) is 30.6 Å². The molecule has 3 heterocycles. The van der Waals surface area contributed by atoms with Crippen molar-refractivity contribution in [3.8, 4) is 0 Å². The molecule has 5 atom stereocenters. The molecular formula is C22H24ClN5O9P2. The van der Waals surface area contributed by atoms with Crippen molar-refractivity contribution in [2.24, 2.45) is 0 Å². The highest BCUT2D eigenvalue weighted by atomic mass is 35.5. The molecule has 1 aliphatic heterocycles. The predicted octanol–water partition coefficient (Wildman–Crippen LogP) is 2.20. The Morgan fingerprint density at radius 3 is 2.56 bits per heavy atom. The fraction of sp³-hybridized carbons (Fsp3) is 0.318. The van der Waals surface area contributed by atoms with Gasteiger partial charge in [0.05, 0.1) is 12.9 Å². The summed E-state index contributed by atoms with van der Waals surface area (Å²) in [5, 5.41) is 26.3. The standard InChI is InChI=1S/C22H24ClN5O9P2/c23-22-26-19(24-8-13-6-3-5-12-4-1-2-7-14(12)13)16-20(27-22)28(10-25-16)21-18(30)17(29)15(37-21)9-36-39(34,35)11-38(31,32)33/h1-7,10,15,17-18,21,29-30H,8-9,11H2,(H,34,35)(H,24,26,27)(H2,31,32,33)/t15-,17?,18?,21-/m1/s1. The van der Waals surface area contributed by atoms with E-state index in [1.807, 2.05) is 42.5 Å². The van der Waals surface area contributed by atoms with Crippen LogP contribution in [0, 0.1) is 0 Å². The molecule has 1 saturated heterocycles. The fourth-order valence-electron chi connectivity index (χ4n) is 4.39. The molecule has 0 aliphatic carbocycles. The van der Waals surface area contributed by atoms with Gasteiger partial charge in [-0.25, -0.2) is 4.98 Å². The molecule has 0 amide bonds. The normalized spacial score (nSPS) is 23.3. The highest BCUT2D eigenvalue weighted by molar-refractivity contribution is 7.70. The lowest BCUT2D eigenvalue weighted by Crippen LogP contribution is -2.33. The summed E-state index contributed by atoms with van der Waals surface area (Å²) in [7, 11) is -9.53. The number of aromatic nitrogens is 4. The summed E-state index contributed by atoms with van der Waals surface area (Å²) in [5.74, 6) is -1.08. The maximum atomic E-state index is 12.0. The largest absolute Gasteiger partial charge is 0.387 e. The summed E-state index contributed by atoms with van der Waals surface area (Å²) in [6.07, 6.45) is -4.33. The number of nitrogens with one attached hydrogen (secondary N) is 1. The Hall–Kier alpha value is -2.48. The number of imidazole rings is 1. The molecule has 1 aliphatic rings. The molecule has 0 spiro atoms. The molecule has 17 heteroatoms. The molecule has 39 heavy (non-hydrogen) atoms. The number of aliphatic hydroxyl groups is 2. The molecule has 0 saturated carbocycles. The number of anilines is 1. The van der Waals surface area contributed by atoms with Gasteiger partial charge in [-0.2, -0.15) is 9.97 Å². The zero-order valence-electron chi connectivity index (χ0n) is 20.0. The minimum Gasteiger partial charge on any atom is -0.387 e. The third kappa shape index (κ3) is 6.16. The van der Waals surface area contributed by atoms with E-state index in [9.17, 15) is 24.2 Å². The first kappa shape index (κ1) is 28.1. The number of fused-ring (bicyclic) bond motifs is 2. The Labute approximate surface area is 225 Å². The summed E-state index contributed by atoms with van der Waals surface area (Å²) in [6.45, 7) is -0.324. The van der Waals surface area contributed by atoms with Gasteiger partial charge in [0.1, 0.15) is 18.3 Å². The number of benzene rings is 2. The van der Waals surface area contributed by atoms with Crippen LogP contribution in [0.5, 0.6) is 0 Å². The number of hydrogen-bond donors (Lipinski definition) is 6. The molecule has 208 valence electrons. The number of aliphatic hydroxyl groups excluding tert-OH is 2. The van der Waals surface area contributed by atoms with Crippen LogP contribution in [-0.4, -0.2) is 75.2 Å². The van der Waals surface area contributed by atoms with Crippen molar-refractivity contribution in [1.82, 2.24) is 19.5 Å². The van der Waals surface area contributed by atoms with Crippen LogP contribution in [0.3, 0.4) is 0 Å². The molecule has 0 bridgehead atoms. The van der Waals surface area contributed by atoms with Crippen LogP contribution in [0.25, 0.3) is 21.9 Å². The summed E-state index contributed by atoms with van der Waals surface area (Å²) >= 11 is 6.18. The van der Waals surface area contributed by atoms with Crippen LogP contribution >= 0.6 is 26.8 Å². The van der Waals surface area contributed by atoms with Gasteiger partial charge in [-0.05, 0) is 27.9 Å². The molecule has 6 N–H and O–H groups in total. The predicted molar refractivity (Wildman–Crippen MR) is 140 cm³/mol. The van der Waals surface area contributed by atoms with Crippen LogP contribution in [-0.2, 0) is 24.9 Å². The van der Waals surface area contributed by atoms with E-state index in [-0.39, 0.29) is 10.9 Å². The average Bonchev–Trinajstić information content (AvgIpc) is 3.40. The van der Waals surface area contributed by atoms with Gasteiger partial charge in [-0.1, -0.05) is 42.5 Å². The molecule has 2 aromatic carbocycles. The monoisotopic (exact) mass is 599 g/mol. The van der Waals surface area contributed by atoms with Crippen molar-refractivity contribution in [3.63, 3.8) is 0 Å². The summed E-state index contributed by atoms with van der Waals surface area (Å²) < 4.78 is 34.8. The van der Waals surface area contributed by atoms with Crippen molar-refractivity contribution in [2.75, 3.05) is 17.8 Å². The smallest absolute Gasteiger partial charge is 0.340 e. The molecule has 3 unspecified atom stereocenters. The quantitative estimate of drug-likeness (QED) is 0.120. The molecule has 14 nitrogen and oxygen atoms in total. The number of ether oxygens (including phenoxy) is 1. The number of hydrogen-bond acceptors (Lipinski definition) is 10. The molecule has 4 aromatic rings. The second-order valence-corrected chi connectivity index (χ2v) is 13.3. The lowest BCUT2D eigenvalue weighted by molar-refractivity contribution is -0.0483. The van der Waals surface area contributed by atoms with Gasteiger partial charge in [0, 0.05) is 6.54 Å². The number of nitrogens with zero attached hydrogens (tertiary/aromatic N) is 4. The minimum atomic E-state index is -4.84. The molecule has 0 radical (unpaired) electrons. The van der Waals surface area contributed by atoms with Crippen molar-refractivity contribution < 1.29 is 43.3 Å². The van der Waals surface area contributed by atoms with E-state index in [0.29, 0.717) is 17.9 Å². The van der Waals surface area contributed by atoms with Crippen LogP contribution in [0.15, 0.2) is 48.8 Å². The molecular weight excluding hydrogens is 576 g/mol. The van der Waals surface area contributed by atoms with Crippen molar-refractivity contribution >= 4 is 54.5 Å². The lowest BCUT2D eigenvalue weighted by Gasteiger charge is -2.18. The first-order valence-corrected chi connectivity index (χ1v) is 15.5.